The summed E-state index contributed by atoms with van der Waals surface area (Å²) in [4.78, 5) is 29.3. The number of nitro benzene ring substituents is 1. The zero-order valence-corrected chi connectivity index (χ0v) is 16.8. The van der Waals surface area contributed by atoms with Crippen molar-refractivity contribution in [2.45, 2.75) is 0 Å². The maximum absolute atomic E-state index is 12.1. The van der Waals surface area contributed by atoms with Gasteiger partial charge in [-0.05, 0) is 53.7 Å². The Hall–Kier alpha value is -3.31. The second-order valence-corrected chi connectivity index (χ2v) is 7.80. The maximum Gasteiger partial charge on any atom is 0.286 e. The van der Waals surface area contributed by atoms with Crippen molar-refractivity contribution in [3.63, 3.8) is 0 Å². The van der Waals surface area contributed by atoms with Crippen LogP contribution in [-0.4, -0.2) is 26.1 Å². The van der Waals surface area contributed by atoms with Crippen LogP contribution in [0.3, 0.4) is 0 Å². The van der Waals surface area contributed by atoms with E-state index in [0.717, 1.165) is 16.2 Å². The van der Waals surface area contributed by atoms with Gasteiger partial charge in [0.15, 0.2) is 5.69 Å². The number of fused-ring (bicyclic) bond motifs is 1. The Kier molecular flexibility index (Phi) is 4.99. The molecule has 2 aromatic carbocycles. The minimum atomic E-state index is -0.493. The number of hydrogen-bond acceptors (Lipinski definition) is 7. The molecule has 0 atom stereocenters. The van der Waals surface area contributed by atoms with Gasteiger partial charge in [0.05, 0.1) is 15.3 Å². The third-order valence-corrected chi connectivity index (χ3v) is 5.32. The molecule has 29 heavy (non-hydrogen) atoms. The van der Waals surface area contributed by atoms with Crippen LogP contribution in [0.2, 0.25) is 0 Å². The number of halogens is 1. The van der Waals surface area contributed by atoms with Crippen molar-refractivity contribution in [2.24, 2.45) is 15.2 Å². The number of amidine groups is 1. The first-order chi connectivity index (χ1) is 13.9. The number of nitrogens with one attached hydrogen (secondary N) is 1. The fraction of sp³-hybridized carbons (Fsp3) is 0. The van der Waals surface area contributed by atoms with Gasteiger partial charge in [-0.1, -0.05) is 15.9 Å². The molecule has 9 nitrogen and oxygen atoms in total. The van der Waals surface area contributed by atoms with Crippen LogP contribution < -0.4 is 0 Å². The first-order valence-electron chi connectivity index (χ1n) is 8.09. The van der Waals surface area contributed by atoms with Gasteiger partial charge in [-0.15, -0.1) is 10.2 Å². The van der Waals surface area contributed by atoms with E-state index in [0.29, 0.717) is 21.4 Å². The summed E-state index contributed by atoms with van der Waals surface area (Å²) in [6, 6.07) is 11.2. The lowest BCUT2D eigenvalue weighted by Crippen LogP contribution is -1.89. The third kappa shape index (κ3) is 3.96. The lowest BCUT2D eigenvalue weighted by molar-refractivity contribution is -0.384. The summed E-state index contributed by atoms with van der Waals surface area (Å²) in [5, 5.41) is 29.6. The molecule has 0 unspecified atom stereocenters. The van der Waals surface area contributed by atoms with Crippen LogP contribution in [0.25, 0.3) is 17.0 Å². The molecule has 3 aromatic rings. The molecule has 0 radical (unpaired) electrons. The number of azo groups is 1. The van der Waals surface area contributed by atoms with E-state index >= 15 is 0 Å². The van der Waals surface area contributed by atoms with E-state index in [9.17, 15) is 20.0 Å². The zero-order valence-electron chi connectivity index (χ0n) is 14.4. The Morgan fingerprint density at radius 1 is 1.21 bits per heavy atom. The standard InChI is InChI=1S/C18H10BrN5O4S/c19-10-3-6-13-12(8-10)15(17(26)20-13)22-23-18-21-16(25)14(29-18)7-9-1-4-11(5-2-9)24(27)28/h1-8,20,26H. The summed E-state index contributed by atoms with van der Waals surface area (Å²) in [6.45, 7) is 0. The highest BCUT2D eigenvalue weighted by Crippen LogP contribution is 2.38. The molecule has 0 spiro atoms. The molecular formula is C18H10BrN5O4S. The van der Waals surface area contributed by atoms with Crippen molar-refractivity contribution >= 4 is 67.1 Å². The summed E-state index contributed by atoms with van der Waals surface area (Å²) >= 11 is 4.39. The number of H-pyrrole nitrogens is 1. The molecule has 144 valence electrons. The predicted molar refractivity (Wildman–Crippen MR) is 113 cm³/mol. The number of hydrogen-bond donors (Lipinski definition) is 2. The van der Waals surface area contributed by atoms with E-state index in [-0.39, 0.29) is 22.4 Å². The third-order valence-electron chi connectivity index (χ3n) is 3.96. The van der Waals surface area contributed by atoms with Gasteiger partial charge < -0.3 is 10.1 Å². The van der Waals surface area contributed by atoms with Crippen LogP contribution in [-0.2, 0) is 4.79 Å². The monoisotopic (exact) mass is 471 g/mol. The number of thioether (sulfide) groups is 1. The van der Waals surface area contributed by atoms with Crippen molar-refractivity contribution in [3.05, 3.63) is 67.5 Å². The van der Waals surface area contributed by atoms with Gasteiger partial charge in [-0.3, -0.25) is 14.9 Å². The Balaban J connectivity index is 1.55. The Labute approximate surface area is 175 Å². The normalized spacial score (nSPS) is 15.6. The largest absolute Gasteiger partial charge is 0.493 e. The van der Waals surface area contributed by atoms with Gasteiger partial charge in [-0.2, -0.15) is 4.99 Å². The van der Waals surface area contributed by atoms with Gasteiger partial charge >= 0.3 is 0 Å². The summed E-state index contributed by atoms with van der Waals surface area (Å²) in [6.07, 6.45) is 1.57. The fourth-order valence-corrected chi connectivity index (χ4v) is 3.71. The topological polar surface area (TPSA) is 133 Å². The van der Waals surface area contributed by atoms with Crippen LogP contribution in [0, 0.1) is 10.1 Å². The number of non-ortho nitro benzene ring substituents is 1. The van der Waals surface area contributed by atoms with Crippen molar-refractivity contribution in [3.8, 4) is 5.88 Å². The Bertz CT molecular complexity index is 1250. The number of carbonyl (C=O) groups is 1. The van der Waals surface area contributed by atoms with Gasteiger partial charge in [-0.25, -0.2) is 0 Å². The van der Waals surface area contributed by atoms with Gasteiger partial charge in [0.25, 0.3) is 11.6 Å². The van der Waals surface area contributed by atoms with Gasteiger partial charge in [0.1, 0.15) is 0 Å². The molecular weight excluding hydrogens is 462 g/mol. The van der Waals surface area contributed by atoms with E-state index in [1.165, 1.54) is 12.1 Å². The number of aliphatic imine (C=N–C) groups is 1. The van der Waals surface area contributed by atoms with E-state index in [2.05, 4.69) is 36.1 Å². The summed E-state index contributed by atoms with van der Waals surface area (Å²) in [5.41, 5.74) is 1.52. The SMILES string of the molecule is O=C1N=C(N=Nc2c(O)[nH]c3ccc(Br)cc23)SC1=Cc1ccc([N+](=O)[O-])cc1. The van der Waals surface area contributed by atoms with Crippen molar-refractivity contribution in [1.29, 1.82) is 0 Å². The summed E-state index contributed by atoms with van der Waals surface area (Å²) < 4.78 is 0.816. The molecule has 1 aliphatic heterocycles. The Morgan fingerprint density at radius 2 is 1.97 bits per heavy atom. The average Bonchev–Trinajstić information content (AvgIpc) is 3.19. The summed E-state index contributed by atoms with van der Waals surface area (Å²) in [7, 11) is 0. The zero-order chi connectivity index (χ0) is 20.5. The van der Waals surface area contributed by atoms with E-state index < -0.39 is 10.8 Å². The molecule has 1 aromatic heterocycles. The number of nitro groups is 1. The minimum Gasteiger partial charge on any atom is -0.493 e. The number of benzene rings is 2. The lowest BCUT2D eigenvalue weighted by Gasteiger charge is -1.96. The molecule has 4 rings (SSSR count). The predicted octanol–water partition coefficient (Wildman–Crippen LogP) is 5.30. The first kappa shape index (κ1) is 19.0. The molecule has 2 heterocycles. The Morgan fingerprint density at radius 3 is 2.69 bits per heavy atom. The fourth-order valence-electron chi connectivity index (χ4n) is 2.61. The molecule has 0 bridgehead atoms. The highest BCUT2D eigenvalue weighted by molar-refractivity contribution is 9.10. The lowest BCUT2D eigenvalue weighted by atomic mass is 10.2. The van der Waals surface area contributed by atoms with Crippen LogP contribution in [0.1, 0.15) is 5.56 Å². The molecule has 0 saturated heterocycles. The van der Waals surface area contributed by atoms with E-state index in [4.69, 9.17) is 0 Å². The number of aromatic amines is 1. The number of aromatic nitrogens is 1. The molecule has 0 aliphatic carbocycles. The molecule has 2 N–H and O–H groups in total. The van der Waals surface area contributed by atoms with Gasteiger partial charge in [0, 0.05) is 22.0 Å². The van der Waals surface area contributed by atoms with Crippen LogP contribution >= 0.6 is 27.7 Å². The number of aromatic hydroxyl groups is 1. The number of rotatable bonds is 3. The molecule has 0 saturated carbocycles. The van der Waals surface area contributed by atoms with Crippen molar-refractivity contribution < 1.29 is 14.8 Å². The number of amides is 1. The quantitative estimate of drug-likeness (QED) is 0.231. The highest BCUT2D eigenvalue weighted by Gasteiger charge is 2.22. The smallest absolute Gasteiger partial charge is 0.286 e. The van der Waals surface area contributed by atoms with E-state index in [1.54, 1.807) is 30.3 Å². The first-order valence-corrected chi connectivity index (χ1v) is 9.70. The van der Waals surface area contributed by atoms with E-state index in [1.807, 2.05) is 6.07 Å². The second kappa shape index (κ2) is 7.60. The highest BCUT2D eigenvalue weighted by atomic mass is 79.9. The minimum absolute atomic E-state index is 0.0338. The van der Waals surface area contributed by atoms with Gasteiger partial charge in [0.2, 0.25) is 11.0 Å². The van der Waals surface area contributed by atoms with Crippen LogP contribution in [0.4, 0.5) is 11.4 Å². The van der Waals surface area contributed by atoms with Crippen LogP contribution in [0.5, 0.6) is 5.88 Å². The van der Waals surface area contributed by atoms with Crippen molar-refractivity contribution in [1.82, 2.24) is 4.98 Å². The van der Waals surface area contributed by atoms with Crippen molar-refractivity contribution in [2.75, 3.05) is 0 Å². The summed E-state index contributed by atoms with van der Waals surface area (Å²) in [5.74, 6) is -0.619. The maximum atomic E-state index is 12.1. The molecule has 1 aliphatic rings. The van der Waals surface area contributed by atoms with Crippen LogP contribution in [0.15, 0.2) is 67.1 Å². The second-order valence-electron chi connectivity index (χ2n) is 5.87. The number of carbonyl (C=O) groups excluding carboxylic acids is 1. The molecule has 1 amide bonds. The number of nitrogens with zero attached hydrogens (tertiary/aromatic N) is 4. The average molecular weight is 472 g/mol. The molecule has 11 heteroatoms. The molecule has 0 fully saturated rings.